The van der Waals surface area contributed by atoms with E-state index >= 15 is 0 Å². The molecule has 1 saturated carbocycles. The molecule has 1 rings (SSSR count). The zero-order valence-electron chi connectivity index (χ0n) is 7.64. The average molecular weight is 156 g/mol. The molecule has 0 aromatic carbocycles. The molecular formula is C9H20N2. The highest BCUT2D eigenvalue weighted by Crippen LogP contribution is 2.23. The van der Waals surface area contributed by atoms with Gasteiger partial charge in [0.05, 0.1) is 0 Å². The number of nitrogens with two attached hydrogens (primary N) is 1. The van der Waals surface area contributed by atoms with E-state index in [4.69, 9.17) is 5.73 Å². The maximum atomic E-state index is 5.80. The van der Waals surface area contributed by atoms with Gasteiger partial charge in [-0.15, -0.1) is 0 Å². The van der Waals surface area contributed by atoms with E-state index in [0.717, 1.165) is 12.5 Å². The minimum absolute atomic E-state index is 0.481. The molecule has 3 N–H and O–H groups in total. The first kappa shape index (κ1) is 9.01. The molecule has 0 saturated heterocycles. The summed E-state index contributed by atoms with van der Waals surface area (Å²) in [7, 11) is 0. The summed E-state index contributed by atoms with van der Waals surface area (Å²) in [5, 5.41) is 3.45. The fraction of sp³-hybridized carbons (Fsp3) is 1.00. The quantitative estimate of drug-likeness (QED) is 0.642. The van der Waals surface area contributed by atoms with Gasteiger partial charge in [0.15, 0.2) is 0 Å². The summed E-state index contributed by atoms with van der Waals surface area (Å²) in [6, 6.07) is 1.10. The molecule has 0 bridgehead atoms. The Balaban J connectivity index is 2.08. The van der Waals surface area contributed by atoms with Crippen molar-refractivity contribution in [3.05, 3.63) is 0 Å². The predicted octanol–water partition coefficient (Wildman–Crippen LogP) is 1.11. The zero-order chi connectivity index (χ0) is 8.27. The maximum Gasteiger partial charge on any atom is 0.00420 e. The third-order valence-electron chi connectivity index (χ3n) is 2.40. The van der Waals surface area contributed by atoms with Crippen LogP contribution in [0.25, 0.3) is 0 Å². The first-order valence-electron chi connectivity index (χ1n) is 4.67. The van der Waals surface area contributed by atoms with Crippen molar-refractivity contribution in [2.75, 3.05) is 6.54 Å². The van der Waals surface area contributed by atoms with Gasteiger partial charge < -0.3 is 11.1 Å². The van der Waals surface area contributed by atoms with E-state index in [1.165, 1.54) is 19.3 Å². The SMILES string of the molecule is CC(C)NCC1CCC(N)C1. The van der Waals surface area contributed by atoms with Crippen molar-refractivity contribution in [3.63, 3.8) is 0 Å². The predicted molar refractivity (Wildman–Crippen MR) is 48.5 cm³/mol. The van der Waals surface area contributed by atoms with Gasteiger partial charge in [-0.2, -0.15) is 0 Å². The lowest BCUT2D eigenvalue weighted by Gasteiger charge is -2.13. The Morgan fingerprint density at radius 3 is 2.64 bits per heavy atom. The lowest BCUT2D eigenvalue weighted by Crippen LogP contribution is -2.28. The fourth-order valence-electron chi connectivity index (χ4n) is 1.70. The third kappa shape index (κ3) is 3.21. The van der Waals surface area contributed by atoms with Crippen molar-refractivity contribution in [2.24, 2.45) is 11.7 Å². The van der Waals surface area contributed by atoms with Crippen molar-refractivity contribution in [1.29, 1.82) is 0 Å². The molecule has 1 aliphatic carbocycles. The third-order valence-corrected chi connectivity index (χ3v) is 2.40. The van der Waals surface area contributed by atoms with Crippen LogP contribution >= 0.6 is 0 Å². The number of nitrogens with one attached hydrogen (secondary N) is 1. The standard InChI is InChI=1S/C9H20N2/c1-7(2)11-6-8-3-4-9(10)5-8/h7-9,11H,3-6,10H2,1-2H3. The van der Waals surface area contributed by atoms with Crippen LogP contribution in [0.5, 0.6) is 0 Å². The molecule has 0 amide bonds. The van der Waals surface area contributed by atoms with Gasteiger partial charge in [0.1, 0.15) is 0 Å². The van der Waals surface area contributed by atoms with Crippen LogP contribution in [-0.2, 0) is 0 Å². The summed E-state index contributed by atoms with van der Waals surface area (Å²) in [6.07, 6.45) is 3.77. The second-order valence-electron chi connectivity index (χ2n) is 4.00. The molecule has 0 aromatic rings. The molecule has 1 aliphatic rings. The largest absolute Gasteiger partial charge is 0.328 e. The van der Waals surface area contributed by atoms with Crippen LogP contribution in [0.4, 0.5) is 0 Å². The van der Waals surface area contributed by atoms with Gasteiger partial charge in [0, 0.05) is 12.1 Å². The molecule has 2 heteroatoms. The summed E-state index contributed by atoms with van der Waals surface area (Å²) >= 11 is 0. The molecule has 0 aromatic heterocycles. The molecule has 0 aliphatic heterocycles. The van der Waals surface area contributed by atoms with Crippen LogP contribution in [0.1, 0.15) is 33.1 Å². The second kappa shape index (κ2) is 4.07. The van der Waals surface area contributed by atoms with Crippen molar-refractivity contribution in [2.45, 2.75) is 45.2 Å². The molecule has 0 radical (unpaired) electrons. The number of rotatable bonds is 3. The van der Waals surface area contributed by atoms with Crippen LogP contribution in [0, 0.1) is 5.92 Å². The Morgan fingerprint density at radius 2 is 2.18 bits per heavy atom. The van der Waals surface area contributed by atoms with Crippen molar-refractivity contribution in [1.82, 2.24) is 5.32 Å². The number of hydrogen-bond acceptors (Lipinski definition) is 2. The van der Waals surface area contributed by atoms with Crippen LogP contribution in [-0.4, -0.2) is 18.6 Å². The summed E-state index contributed by atoms with van der Waals surface area (Å²) < 4.78 is 0. The van der Waals surface area contributed by atoms with E-state index in [1.807, 2.05) is 0 Å². The Kier molecular flexibility index (Phi) is 3.34. The van der Waals surface area contributed by atoms with Crippen molar-refractivity contribution < 1.29 is 0 Å². The Morgan fingerprint density at radius 1 is 1.45 bits per heavy atom. The van der Waals surface area contributed by atoms with E-state index in [2.05, 4.69) is 19.2 Å². The molecule has 2 atom stereocenters. The zero-order valence-corrected chi connectivity index (χ0v) is 7.64. The Hall–Kier alpha value is -0.0800. The lowest BCUT2D eigenvalue weighted by atomic mass is 10.1. The van der Waals surface area contributed by atoms with Gasteiger partial charge in [0.25, 0.3) is 0 Å². The van der Waals surface area contributed by atoms with Crippen LogP contribution in [0.3, 0.4) is 0 Å². The van der Waals surface area contributed by atoms with Gasteiger partial charge in [0.2, 0.25) is 0 Å². The molecular weight excluding hydrogens is 136 g/mol. The molecule has 2 nitrogen and oxygen atoms in total. The summed E-state index contributed by atoms with van der Waals surface area (Å²) in [5.41, 5.74) is 5.80. The monoisotopic (exact) mass is 156 g/mol. The van der Waals surface area contributed by atoms with E-state index in [-0.39, 0.29) is 0 Å². The molecule has 11 heavy (non-hydrogen) atoms. The second-order valence-corrected chi connectivity index (χ2v) is 4.00. The highest BCUT2D eigenvalue weighted by molar-refractivity contribution is 4.79. The van der Waals surface area contributed by atoms with Crippen LogP contribution in [0.15, 0.2) is 0 Å². The minimum atomic E-state index is 0.481. The Labute approximate surface area is 69.5 Å². The maximum absolute atomic E-state index is 5.80. The summed E-state index contributed by atoms with van der Waals surface area (Å²) in [4.78, 5) is 0. The van der Waals surface area contributed by atoms with Gasteiger partial charge in [-0.3, -0.25) is 0 Å². The van der Waals surface area contributed by atoms with Gasteiger partial charge in [-0.05, 0) is 31.7 Å². The van der Waals surface area contributed by atoms with E-state index < -0.39 is 0 Å². The first-order valence-corrected chi connectivity index (χ1v) is 4.67. The van der Waals surface area contributed by atoms with E-state index in [1.54, 1.807) is 0 Å². The minimum Gasteiger partial charge on any atom is -0.328 e. The van der Waals surface area contributed by atoms with Crippen molar-refractivity contribution >= 4 is 0 Å². The van der Waals surface area contributed by atoms with Gasteiger partial charge in [-0.1, -0.05) is 13.8 Å². The van der Waals surface area contributed by atoms with Crippen molar-refractivity contribution in [3.8, 4) is 0 Å². The van der Waals surface area contributed by atoms with E-state index in [9.17, 15) is 0 Å². The molecule has 66 valence electrons. The lowest BCUT2D eigenvalue weighted by molar-refractivity contribution is 0.454. The van der Waals surface area contributed by atoms with Gasteiger partial charge in [-0.25, -0.2) is 0 Å². The molecule has 2 unspecified atom stereocenters. The normalized spacial score (nSPS) is 31.6. The fourth-order valence-corrected chi connectivity index (χ4v) is 1.70. The smallest absolute Gasteiger partial charge is 0.00420 e. The first-order chi connectivity index (χ1) is 5.18. The average Bonchev–Trinajstić information content (AvgIpc) is 2.31. The number of hydrogen-bond donors (Lipinski definition) is 2. The highest BCUT2D eigenvalue weighted by Gasteiger charge is 2.20. The topological polar surface area (TPSA) is 38.0 Å². The summed E-state index contributed by atoms with van der Waals surface area (Å²) in [6.45, 7) is 5.54. The van der Waals surface area contributed by atoms with Crippen LogP contribution < -0.4 is 11.1 Å². The highest BCUT2D eigenvalue weighted by atomic mass is 14.9. The molecule has 0 heterocycles. The molecule has 1 fully saturated rings. The van der Waals surface area contributed by atoms with Crippen LogP contribution in [0.2, 0.25) is 0 Å². The summed E-state index contributed by atoms with van der Waals surface area (Å²) in [5.74, 6) is 0.840. The van der Waals surface area contributed by atoms with Gasteiger partial charge >= 0.3 is 0 Å². The van der Waals surface area contributed by atoms with E-state index in [0.29, 0.717) is 12.1 Å². The molecule has 0 spiro atoms. The Bertz CT molecular complexity index is 112.